The van der Waals surface area contributed by atoms with E-state index in [0.29, 0.717) is 22.2 Å². The first-order chi connectivity index (χ1) is 13.8. The quantitative estimate of drug-likeness (QED) is 0.687. The zero-order chi connectivity index (χ0) is 20.6. The Bertz CT molecular complexity index is 1030. The van der Waals surface area contributed by atoms with Gasteiger partial charge in [-0.15, -0.1) is 12.4 Å². The molecule has 0 amide bonds. The highest BCUT2D eigenvalue weighted by molar-refractivity contribution is 7.90. The van der Waals surface area contributed by atoms with Crippen molar-refractivity contribution in [1.82, 2.24) is 5.32 Å². The van der Waals surface area contributed by atoms with Crippen LogP contribution in [0.1, 0.15) is 18.5 Å². The zero-order valence-corrected chi connectivity index (χ0v) is 19.2. The number of hydrogen-bond donors (Lipinski definition) is 2. The first-order valence-electron chi connectivity index (χ1n) is 9.48. The maximum Gasteiger partial charge on any atom is 0.231 e. The second kappa shape index (κ2) is 9.09. The monoisotopic (exact) mass is 473 g/mol. The van der Waals surface area contributed by atoms with Gasteiger partial charge >= 0.3 is 0 Å². The van der Waals surface area contributed by atoms with Crippen LogP contribution in [0.5, 0.6) is 11.5 Å². The lowest BCUT2D eigenvalue weighted by Gasteiger charge is -2.30. The number of anilines is 2. The van der Waals surface area contributed by atoms with Gasteiger partial charge < -0.3 is 25.0 Å². The molecule has 0 saturated carbocycles. The molecule has 0 aromatic heterocycles. The highest BCUT2D eigenvalue weighted by Gasteiger charge is 2.24. The van der Waals surface area contributed by atoms with Crippen molar-refractivity contribution < 1.29 is 17.9 Å². The van der Waals surface area contributed by atoms with Gasteiger partial charge in [0.15, 0.2) is 21.3 Å². The summed E-state index contributed by atoms with van der Waals surface area (Å²) in [5.74, 6) is 1.23. The number of nitrogens with one attached hydrogen (secondary N) is 2. The van der Waals surface area contributed by atoms with Crippen LogP contribution in [0.2, 0.25) is 5.02 Å². The zero-order valence-electron chi connectivity index (χ0n) is 16.8. The SMILES string of the molecule is CC(Nc1cc(N2CCNCC2)ccc1S(C)(=O)=O)c1cc(Cl)cc2c1OCO2.Cl. The Labute approximate surface area is 188 Å². The Kier molecular flexibility index (Phi) is 6.91. The maximum absolute atomic E-state index is 12.4. The predicted octanol–water partition coefficient (Wildman–Crippen LogP) is 3.48. The second-order valence-corrected chi connectivity index (χ2v) is 9.71. The number of rotatable bonds is 5. The minimum atomic E-state index is -3.40. The average molecular weight is 474 g/mol. The molecule has 0 bridgehead atoms. The standard InChI is InChI=1S/C20H24ClN3O4S.ClH/c1-13(16-9-14(21)10-18-20(16)28-12-27-18)23-17-11-15(24-7-5-22-6-8-24)3-4-19(17)29(2,25)26;/h3-4,9-11,13,22-23H,5-8,12H2,1-2H3;1H. The molecule has 0 spiro atoms. The van der Waals surface area contributed by atoms with Crippen LogP contribution in [0, 0.1) is 0 Å². The van der Waals surface area contributed by atoms with Crippen LogP contribution in [0.25, 0.3) is 0 Å². The molecular weight excluding hydrogens is 449 g/mol. The summed E-state index contributed by atoms with van der Waals surface area (Å²) in [6, 6.07) is 8.72. The highest BCUT2D eigenvalue weighted by atomic mass is 35.5. The lowest BCUT2D eigenvalue weighted by atomic mass is 10.1. The predicted molar refractivity (Wildman–Crippen MR) is 121 cm³/mol. The number of sulfone groups is 1. The minimum absolute atomic E-state index is 0. The van der Waals surface area contributed by atoms with Crippen molar-refractivity contribution in [3.8, 4) is 11.5 Å². The fourth-order valence-corrected chi connectivity index (χ4v) is 4.76. The van der Waals surface area contributed by atoms with Gasteiger partial charge in [-0.05, 0) is 31.2 Å². The van der Waals surface area contributed by atoms with E-state index in [1.165, 1.54) is 6.26 Å². The number of benzene rings is 2. The topological polar surface area (TPSA) is 79.9 Å². The fraction of sp³-hybridized carbons (Fsp3) is 0.400. The average Bonchev–Trinajstić information content (AvgIpc) is 3.15. The van der Waals surface area contributed by atoms with E-state index in [2.05, 4.69) is 15.5 Å². The van der Waals surface area contributed by atoms with Gasteiger partial charge in [0.05, 0.1) is 16.6 Å². The summed E-state index contributed by atoms with van der Waals surface area (Å²) < 4.78 is 35.8. The molecule has 164 valence electrons. The first kappa shape index (κ1) is 22.8. The van der Waals surface area contributed by atoms with E-state index in [9.17, 15) is 8.42 Å². The van der Waals surface area contributed by atoms with E-state index >= 15 is 0 Å². The smallest absolute Gasteiger partial charge is 0.231 e. The van der Waals surface area contributed by atoms with Crippen molar-refractivity contribution in [2.24, 2.45) is 0 Å². The number of hydrogen-bond acceptors (Lipinski definition) is 7. The lowest BCUT2D eigenvalue weighted by molar-refractivity contribution is 0.173. The van der Waals surface area contributed by atoms with Crippen molar-refractivity contribution in [3.63, 3.8) is 0 Å². The number of ether oxygens (including phenoxy) is 2. The highest BCUT2D eigenvalue weighted by Crippen LogP contribution is 2.42. The largest absolute Gasteiger partial charge is 0.454 e. The molecule has 1 atom stereocenters. The molecule has 2 N–H and O–H groups in total. The molecular formula is C20H25Cl2N3O4S. The summed E-state index contributed by atoms with van der Waals surface area (Å²) >= 11 is 6.23. The molecule has 2 aromatic rings. The molecule has 1 saturated heterocycles. The van der Waals surface area contributed by atoms with Crippen LogP contribution >= 0.6 is 24.0 Å². The van der Waals surface area contributed by atoms with E-state index in [0.717, 1.165) is 37.4 Å². The molecule has 30 heavy (non-hydrogen) atoms. The normalized spacial score (nSPS) is 16.7. The molecule has 1 fully saturated rings. The summed E-state index contributed by atoms with van der Waals surface area (Å²) in [5, 5.41) is 7.22. The molecule has 10 heteroatoms. The Morgan fingerprint density at radius 2 is 1.90 bits per heavy atom. The molecule has 0 radical (unpaired) electrons. The van der Waals surface area contributed by atoms with E-state index in [4.69, 9.17) is 21.1 Å². The molecule has 2 heterocycles. The van der Waals surface area contributed by atoms with Crippen LogP contribution in [0.15, 0.2) is 35.2 Å². The Morgan fingerprint density at radius 1 is 1.17 bits per heavy atom. The number of halogens is 2. The lowest BCUT2D eigenvalue weighted by Crippen LogP contribution is -2.43. The van der Waals surface area contributed by atoms with Gasteiger partial charge in [0.1, 0.15) is 0 Å². The summed E-state index contributed by atoms with van der Waals surface area (Å²) in [5.41, 5.74) is 2.37. The molecule has 4 rings (SSSR count). The summed E-state index contributed by atoms with van der Waals surface area (Å²) in [6.45, 7) is 5.64. The third-order valence-electron chi connectivity index (χ3n) is 5.15. The van der Waals surface area contributed by atoms with Gasteiger partial charge in [0.2, 0.25) is 6.79 Å². The molecule has 2 aliphatic heterocycles. The molecule has 0 aliphatic carbocycles. The molecule has 2 aliphatic rings. The van der Waals surface area contributed by atoms with E-state index in [-0.39, 0.29) is 30.1 Å². The van der Waals surface area contributed by atoms with Crippen molar-refractivity contribution in [3.05, 3.63) is 40.9 Å². The van der Waals surface area contributed by atoms with Gasteiger partial charge in [-0.25, -0.2) is 8.42 Å². The number of piperazine rings is 1. The van der Waals surface area contributed by atoms with Crippen LogP contribution in [0.4, 0.5) is 11.4 Å². The molecule has 1 unspecified atom stereocenters. The van der Waals surface area contributed by atoms with E-state index < -0.39 is 9.84 Å². The van der Waals surface area contributed by atoms with Gasteiger partial charge in [-0.2, -0.15) is 0 Å². The van der Waals surface area contributed by atoms with E-state index in [1.54, 1.807) is 12.1 Å². The van der Waals surface area contributed by atoms with Crippen LogP contribution in [0.3, 0.4) is 0 Å². The van der Waals surface area contributed by atoms with Crippen LogP contribution in [-0.2, 0) is 9.84 Å². The third kappa shape index (κ3) is 4.72. The van der Waals surface area contributed by atoms with Crippen LogP contribution < -0.4 is 25.0 Å². The van der Waals surface area contributed by atoms with Gasteiger partial charge in [-0.3, -0.25) is 0 Å². The number of fused-ring (bicyclic) bond motifs is 1. The van der Waals surface area contributed by atoms with Crippen LogP contribution in [-0.4, -0.2) is 47.6 Å². The van der Waals surface area contributed by atoms with E-state index in [1.807, 2.05) is 25.1 Å². The maximum atomic E-state index is 12.4. The summed E-state index contributed by atoms with van der Waals surface area (Å²) in [6.07, 6.45) is 1.22. The van der Waals surface area contributed by atoms with Gasteiger partial charge in [-0.1, -0.05) is 11.6 Å². The molecule has 7 nitrogen and oxygen atoms in total. The van der Waals surface area contributed by atoms with Crippen molar-refractivity contribution in [1.29, 1.82) is 0 Å². The first-order valence-corrected chi connectivity index (χ1v) is 11.8. The number of nitrogens with zero attached hydrogens (tertiary/aromatic N) is 1. The summed E-state index contributed by atoms with van der Waals surface area (Å²) in [4.78, 5) is 2.51. The fourth-order valence-electron chi connectivity index (χ4n) is 3.71. The van der Waals surface area contributed by atoms with Crippen molar-refractivity contribution >= 4 is 45.2 Å². The van der Waals surface area contributed by atoms with Gasteiger partial charge in [0.25, 0.3) is 0 Å². The Balaban J connectivity index is 0.00000256. The third-order valence-corrected chi connectivity index (χ3v) is 6.52. The van der Waals surface area contributed by atoms with Crippen molar-refractivity contribution in [2.75, 3.05) is 49.4 Å². The molecule has 2 aromatic carbocycles. The Morgan fingerprint density at radius 3 is 2.60 bits per heavy atom. The summed E-state index contributed by atoms with van der Waals surface area (Å²) in [7, 11) is -3.40. The minimum Gasteiger partial charge on any atom is -0.454 e. The second-order valence-electron chi connectivity index (χ2n) is 7.28. The van der Waals surface area contributed by atoms with Gasteiger partial charge in [0, 0.05) is 54.8 Å². The van der Waals surface area contributed by atoms with Crippen molar-refractivity contribution in [2.45, 2.75) is 17.9 Å². The Hall–Kier alpha value is -1.87.